The van der Waals surface area contributed by atoms with Gasteiger partial charge in [-0.25, -0.2) is 4.79 Å². The standard InChI is InChI=1S/C33H35N3O5/c1-7-23-15-12-16-25(21-23)29(30(37)34-26-17-19-27(40-6)20-18-26)36(8-2)31(38)28(22-24-13-10-9-11-14-24)35-32(39)41-33(3,4)5/h2,7,9-21,28-29H,1,22H2,3-6H3,(H,34,37)(H,35,39). The highest BCUT2D eigenvalue weighted by Gasteiger charge is 2.36. The Kier molecular flexibility index (Phi) is 10.3. The van der Waals surface area contributed by atoms with E-state index in [1.807, 2.05) is 36.4 Å². The fourth-order valence-electron chi connectivity index (χ4n) is 4.09. The van der Waals surface area contributed by atoms with Gasteiger partial charge in [0.05, 0.1) is 7.11 Å². The Morgan fingerprint density at radius 2 is 1.71 bits per heavy atom. The molecule has 0 aliphatic carbocycles. The number of hydrogen-bond donors (Lipinski definition) is 2. The van der Waals surface area contributed by atoms with Crippen molar-refractivity contribution in [3.63, 3.8) is 0 Å². The molecule has 8 heteroatoms. The number of benzene rings is 3. The number of anilines is 1. The molecular weight excluding hydrogens is 518 g/mol. The average Bonchev–Trinajstić information content (AvgIpc) is 2.95. The summed E-state index contributed by atoms with van der Waals surface area (Å²) in [6, 6.07) is 23.0. The van der Waals surface area contributed by atoms with Crippen LogP contribution < -0.4 is 15.4 Å². The number of ether oxygens (including phenoxy) is 2. The largest absolute Gasteiger partial charge is 0.497 e. The molecule has 3 aromatic carbocycles. The van der Waals surface area contributed by atoms with E-state index in [2.05, 4.69) is 23.3 Å². The first-order valence-corrected chi connectivity index (χ1v) is 13.0. The zero-order chi connectivity index (χ0) is 30.0. The molecule has 0 saturated heterocycles. The van der Waals surface area contributed by atoms with Gasteiger partial charge in [0.1, 0.15) is 23.4 Å². The van der Waals surface area contributed by atoms with E-state index >= 15 is 0 Å². The van der Waals surface area contributed by atoms with Crippen molar-refractivity contribution >= 4 is 29.7 Å². The van der Waals surface area contributed by atoms with Crippen molar-refractivity contribution in [3.8, 4) is 18.2 Å². The minimum atomic E-state index is -1.23. The Balaban J connectivity index is 2.01. The highest BCUT2D eigenvalue weighted by Crippen LogP contribution is 2.26. The van der Waals surface area contributed by atoms with Crippen molar-refractivity contribution in [3.05, 3.63) is 102 Å². The molecule has 41 heavy (non-hydrogen) atoms. The van der Waals surface area contributed by atoms with Crippen molar-refractivity contribution in [1.82, 2.24) is 10.2 Å². The molecule has 0 saturated carbocycles. The lowest BCUT2D eigenvalue weighted by Crippen LogP contribution is -2.51. The average molecular weight is 554 g/mol. The predicted molar refractivity (Wildman–Crippen MR) is 160 cm³/mol. The van der Waals surface area contributed by atoms with Gasteiger partial charge in [0.15, 0.2) is 0 Å². The van der Waals surface area contributed by atoms with Crippen LogP contribution in [-0.2, 0) is 20.7 Å². The number of nitrogens with one attached hydrogen (secondary N) is 2. The van der Waals surface area contributed by atoms with Crippen molar-refractivity contribution in [2.75, 3.05) is 12.4 Å². The number of terminal acetylenes is 1. The van der Waals surface area contributed by atoms with Gasteiger partial charge < -0.3 is 20.1 Å². The van der Waals surface area contributed by atoms with Crippen LogP contribution in [-0.4, -0.2) is 41.6 Å². The van der Waals surface area contributed by atoms with Crippen molar-refractivity contribution < 1.29 is 23.9 Å². The maximum Gasteiger partial charge on any atom is 0.408 e. The van der Waals surface area contributed by atoms with Gasteiger partial charge in [0.2, 0.25) is 0 Å². The summed E-state index contributed by atoms with van der Waals surface area (Å²) in [5.74, 6) is -0.574. The van der Waals surface area contributed by atoms with Crippen LogP contribution in [0.2, 0.25) is 0 Å². The molecule has 212 valence electrons. The van der Waals surface area contributed by atoms with Gasteiger partial charge in [-0.1, -0.05) is 67.6 Å². The van der Waals surface area contributed by atoms with E-state index in [1.54, 1.807) is 76.4 Å². The lowest BCUT2D eigenvalue weighted by molar-refractivity contribution is -0.136. The van der Waals surface area contributed by atoms with Crippen molar-refractivity contribution in [2.45, 2.75) is 44.9 Å². The maximum absolute atomic E-state index is 14.1. The normalized spacial score (nSPS) is 12.2. The molecule has 0 bridgehead atoms. The maximum atomic E-state index is 14.1. The summed E-state index contributed by atoms with van der Waals surface area (Å²) in [4.78, 5) is 41.7. The van der Waals surface area contributed by atoms with E-state index in [-0.39, 0.29) is 6.42 Å². The molecule has 2 atom stereocenters. The Hall–Kier alpha value is -5.03. The summed E-state index contributed by atoms with van der Waals surface area (Å²) >= 11 is 0. The third-order valence-corrected chi connectivity index (χ3v) is 5.97. The van der Waals surface area contributed by atoms with Gasteiger partial charge in [-0.05, 0) is 67.8 Å². The van der Waals surface area contributed by atoms with E-state index in [9.17, 15) is 14.4 Å². The van der Waals surface area contributed by atoms with Crippen LogP contribution in [0.15, 0.2) is 85.4 Å². The van der Waals surface area contributed by atoms with Crippen LogP contribution in [0, 0.1) is 12.5 Å². The van der Waals surface area contributed by atoms with E-state index in [0.29, 0.717) is 17.0 Å². The van der Waals surface area contributed by atoms with E-state index in [4.69, 9.17) is 15.9 Å². The second kappa shape index (κ2) is 13.9. The lowest BCUT2D eigenvalue weighted by Gasteiger charge is -2.30. The number of methoxy groups -OCH3 is 1. The lowest BCUT2D eigenvalue weighted by atomic mass is 9.99. The number of alkyl carbamates (subject to hydrolysis) is 1. The molecule has 8 nitrogen and oxygen atoms in total. The first kappa shape index (κ1) is 30.5. The summed E-state index contributed by atoms with van der Waals surface area (Å²) in [6.45, 7) is 8.97. The monoisotopic (exact) mass is 553 g/mol. The van der Waals surface area contributed by atoms with Crippen molar-refractivity contribution in [1.29, 1.82) is 0 Å². The Labute approximate surface area is 241 Å². The molecule has 0 spiro atoms. The van der Waals surface area contributed by atoms with Crippen LogP contribution in [0.3, 0.4) is 0 Å². The molecule has 3 aromatic rings. The van der Waals surface area contributed by atoms with Gasteiger partial charge in [0, 0.05) is 18.2 Å². The van der Waals surface area contributed by atoms with Gasteiger partial charge >= 0.3 is 6.09 Å². The Morgan fingerprint density at radius 1 is 1.02 bits per heavy atom. The summed E-state index contributed by atoms with van der Waals surface area (Å²) < 4.78 is 10.6. The molecule has 3 rings (SSSR count). The van der Waals surface area contributed by atoms with Crippen LogP contribution in [0.1, 0.15) is 43.5 Å². The second-order valence-corrected chi connectivity index (χ2v) is 10.2. The van der Waals surface area contributed by atoms with E-state index < -0.39 is 35.6 Å². The Bertz CT molecular complexity index is 1410. The fourth-order valence-corrected chi connectivity index (χ4v) is 4.09. The smallest absolute Gasteiger partial charge is 0.408 e. The quantitative estimate of drug-likeness (QED) is 0.253. The van der Waals surface area contributed by atoms with Crippen molar-refractivity contribution in [2.24, 2.45) is 0 Å². The number of nitrogens with zero attached hydrogens (tertiary/aromatic N) is 1. The minimum Gasteiger partial charge on any atom is -0.497 e. The van der Waals surface area contributed by atoms with Crippen LogP contribution in [0.25, 0.3) is 6.08 Å². The fraction of sp³-hybridized carbons (Fsp3) is 0.242. The van der Waals surface area contributed by atoms with Crippen LogP contribution in [0.4, 0.5) is 10.5 Å². The minimum absolute atomic E-state index is 0.122. The molecular formula is C33H35N3O5. The highest BCUT2D eigenvalue weighted by molar-refractivity contribution is 5.99. The number of hydrogen-bond acceptors (Lipinski definition) is 5. The first-order chi connectivity index (χ1) is 19.5. The van der Waals surface area contributed by atoms with Gasteiger partial charge in [0.25, 0.3) is 11.8 Å². The molecule has 3 amide bonds. The molecule has 0 heterocycles. The first-order valence-electron chi connectivity index (χ1n) is 13.0. The van der Waals surface area contributed by atoms with Crippen LogP contribution >= 0.6 is 0 Å². The number of carbonyl (C=O) groups excluding carboxylic acids is 3. The summed E-state index contributed by atoms with van der Waals surface area (Å²) in [5.41, 5.74) is 1.68. The Morgan fingerprint density at radius 3 is 2.29 bits per heavy atom. The number of carbonyl (C=O) groups is 3. The summed E-state index contributed by atoms with van der Waals surface area (Å²) in [5, 5.41) is 5.49. The molecule has 2 N–H and O–H groups in total. The zero-order valence-electron chi connectivity index (χ0n) is 23.7. The predicted octanol–water partition coefficient (Wildman–Crippen LogP) is 5.57. The van der Waals surface area contributed by atoms with Gasteiger partial charge in [-0.15, -0.1) is 0 Å². The second-order valence-electron chi connectivity index (χ2n) is 10.2. The molecule has 0 aromatic heterocycles. The summed E-state index contributed by atoms with van der Waals surface area (Å²) in [7, 11) is 1.55. The molecule has 2 unspecified atom stereocenters. The topological polar surface area (TPSA) is 97.0 Å². The molecule has 0 fully saturated rings. The molecule has 0 radical (unpaired) electrons. The number of amides is 3. The highest BCUT2D eigenvalue weighted by atomic mass is 16.6. The third kappa shape index (κ3) is 8.73. The molecule has 0 aliphatic heterocycles. The van der Waals surface area contributed by atoms with Crippen LogP contribution in [0.5, 0.6) is 5.75 Å². The molecule has 0 aliphatic rings. The van der Waals surface area contributed by atoms with E-state index in [0.717, 1.165) is 16.0 Å². The van der Waals surface area contributed by atoms with E-state index in [1.165, 1.54) is 0 Å². The SMILES string of the molecule is C#CN(C(=O)C(Cc1ccccc1)NC(=O)OC(C)(C)C)C(C(=O)Nc1ccc(OC)cc1)c1cccc(C=C)c1. The zero-order valence-corrected chi connectivity index (χ0v) is 23.7. The van der Waals surface area contributed by atoms with Gasteiger partial charge in [-0.2, -0.15) is 0 Å². The number of rotatable bonds is 10. The van der Waals surface area contributed by atoms with Gasteiger partial charge in [-0.3, -0.25) is 14.5 Å². The summed E-state index contributed by atoms with van der Waals surface area (Å²) in [6.07, 6.45) is 6.88. The third-order valence-electron chi connectivity index (χ3n) is 5.97.